The Morgan fingerprint density at radius 2 is 2.00 bits per heavy atom. The van der Waals surface area contributed by atoms with Crippen LogP contribution in [0.3, 0.4) is 0 Å². The van der Waals surface area contributed by atoms with E-state index in [4.69, 9.17) is 5.73 Å². The number of alkyl halides is 1. The van der Waals surface area contributed by atoms with Crippen LogP contribution in [-0.4, -0.2) is 12.7 Å². The molecule has 13 heavy (non-hydrogen) atoms. The summed E-state index contributed by atoms with van der Waals surface area (Å²) in [6.07, 6.45) is 0.354. The molecule has 0 aliphatic rings. The van der Waals surface area contributed by atoms with Gasteiger partial charge in [-0.3, -0.25) is 0 Å². The van der Waals surface area contributed by atoms with Crippen molar-refractivity contribution >= 4 is 0 Å². The molecule has 0 aliphatic heterocycles. The van der Waals surface area contributed by atoms with Crippen LogP contribution in [0.2, 0.25) is 0 Å². The van der Waals surface area contributed by atoms with Gasteiger partial charge in [-0.15, -0.1) is 11.8 Å². The zero-order chi connectivity index (χ0) is 10.3. The molecule has 0 heterocycles. The van der Waals surface area contributed by atoms with E-state index in [0.29, 0.717) is 25.3 Å². The van der Waals surface area contributed by atoms with Gasteiger partial charge in [-0.05, 0) is 25.8 Å². The van der Waals surface area contributed by atoms with E-state index in [0.717, 1.165) is 0 Å². The van der Waals surface area contributed by atoms with E-state index in [1.807, 2.05) is 13.8 Å². The van der Waals surface area contributed by atoms with Gasteiger partial charge < -0.3 is 5.73 Å². The highest BCUT2D eigenvalue weighted by atomic mass is 19.1. The molecule has 0 saturated heterocycles. The number of rotatable bonds is 5. The maximum atomic E-state index is 13.5. The van der Waals surface area contributed by atoms with E-state index in [1.165, 1.54) is 0 Å². The summed E-state index contributed by atoms with van der Waals surface area (Å²) in [5.74, 6) is 5.93. The molecule has 2 heteroatoms. The van der Waals surface area contributed by atoms with Gasteiger partial charge in [0.15, 0.2) is 0 Å². The van der Waals surface area contributed by atoms with Crippen LogP contribution in [0.1, 0.15) is 33.6 Å². The molecule has 0 bridgehead atoms. The summed E-state index contributed by atoms with van der Waals surface area (Å²) in [5.41, 5.74) is 5.50. The molecule has 0 amide bonds. The van der Waals surface area contributed by atoms with Crippen LogP contribution < -0.4 is 5.73 Å². The highest BCUT2D eigenvalue weighted by Crippen LogP contribution is 2.20. The van der Waals surface area contributed by atoms with E-state index >= 15 is 0 Å². The molecule has 0 rings (SSSR count). The van der Waals surface area contributed by atoms with Crippen LogP contribution in [0, 0.1) is 23.7 Å². The van der Waals surface area contributed by atoms with Crippen molar-refractivity contribution in [2.45, 2.75) is 39.8 Å². The molecule has 2 N–H and O–H groups in total. The van der Waals surface area contributed by atoms with Crippen LogP contribution >= 0.6 is 0 Å². The highest BCUT2D eigenvalue weighted by Gasteiger charge is 2.21. The monoisotopic (exact) mass is 185 g/mol. The molecule has 2 unspecified atom stereocenters. The van der Waals surface area contributed by atoms with Crippen molar-refractivity contribution in [1.82, 2.24) is 0 Å². The molecule has 2 atom stereocenters. The van der Waals surface area contributed by atoms with E-state index in [-0.39, 0.29) is 5.92 Å². The van der Waals surface area contributed by atoms with Gasteiger partial charge in [-0.25, -0.2) is 4.39 Å². The summed E-state index contributed by atoms with van der Waals surface area (Å²) in [4.78, 5) is 0. The zero-order valence-corrected chi connectivity index (χ0v) is 8.81. The molecular formula is C11H20FN. The van der Waals surface area contributed by atoms with Gasteiger partial charge in [0, 0.05) is 12.3 Å². The van der Waals surface area contributed by atoms with Crippen LogP contribution in [-0.2, 0) is 0 Å². The van der Waals surface area contributed by atoms with Gasteiger partial charge in [0.05, 0.1) is 0 Å². The molecule has 0 aromatic rings. The smallest absolute Gasteiger partial charge is 0.105 e. The van der Waals surface area contributed by atoms with Crippen LogP contribution in [0.15, 0.2) is 0 Å². The Hall–Kier alpha value is -0.550. The lowest BCUT2D eigenvalue weighted by atomic mass is 9.89. The quantitative estimate of drug-likeness (QED) is 0.654. The first-order valence-electron chi connectivity index (χ1n) is 4.87. The molecule has 0 saturated carbocycles. The van der Waals surface area contributed by atoms with Crippen LogP contribution in [0.4, 0.5) is 4.39 Å². The van der Waals surface area contributed by atoms with Crippen molar-refractivity contribution in [2.75, 3.05) is 6.54 Å². The minimum atomic E-state index is -0.800. The molecule has 0 aromatic carbocycles. The Kier molecular flexibility index (Phi) is 6.62. The summed E-state index contributed by atoms with van der Waals surface area (Å²) >= 11 is 0. The molecule has 76 valence electrons. The third kappa shape index (κ3) is 4.90. The van der Waals surface area contributed by atoms with Crippen molar-refractivity contribution in [3.05, 3.63) is 0 Å². The molecular weight excluding hydrogens is 165 g/mol. The second-order valence-corrected chi connectivity index (χ2v) is 3.63. The predicted octanol–water partition coefficient (Wildman–Crippen LogP) is 2.36. The number of hydrogen-bond donors (Lipinski definition) is 1. The van der Waals surface area contributed by atoms with Gasteiger partial charge in [0.25, 0.3) is 0 Å². The molecule has 1 nitrogen and oxygen atoms in total. The van der Waals surface area contributed by atoms with Gasteiger partial charge >= 0.3 is 0 Å². The second-order valence-electron chi connectivity index (χ2n) is 3.63. The predicted molar refractivity (Wildman–Crippen MR) is 55.0 cm³/mol. The fourth-order valence-corrected chi connectivity index (χ4v) is 1.39. The Morgan fingerprint density at radius 1 is 1.38 bits per heavy atom. The van der Waals surface area contributed by atoms with Crippen molar-refractivity contribution in [3.63, 3.8) is 0 Å². The average molecular weight is 185 g/mol. The summed E-state index contributed by atoms with van der Waals surface area (Å²) in [5, 5.41) is 0. The fourth-order valence-electron chi connectivity index (χ4n) is 1.39. The maximum Gasteiger partial charge on any atom is 0.105 e. The van der Waals surface area contributed by atoms with Gasteiger partial charge in [0.2, 0.25) is 0 Å². The third-order valence-electron chi connectivity index (χ3n) is 2.31. The van der Waals surface area contributed by atoms with Gasteiger partial charge in [0.1, 0.15) is 6.17 Å². The summed E-state index contributed by atoms with van der Waals surface area (Å²) in [6, 6.07) is 0. The van der Waals surface area contributed by atoms with E-state index in [2.05, 4.69) is 11.8 Å². The third-order valence-corrected chi connectivity index (χ3v) is 2.31. The largest absolute Gasteiger partial charge is 0.330 e. The SMILES string of the molecule is CC#CCCC(F)C(CN)C(C)C. The Labute approximate surface area is 80.9 Å². The lowest BCUT2D eigenvalue weighted by molar-refractivity contribution is 0.177. The highest BCUT2D eigenvalue weighted by molar-refractivity contribution is 4.95. The Morgan fingerprint density at radius 3 is 2.38 bits per heavy atom. The average Bonchev–Trinajstić information content (AvgIpc) is 2.05. The van der Waals surface area contributed by atoms with Crippen LogP contribution in [0.5, 0.6) is 0 Å². The maximum absolute atomic E-state index is 13.5. The van der Waals surface area contributed by atoms with E-state index in [9.17, 15) is 4.39 Å². The second kappa shape index (κ2) is 6.91. The Balaban J connectivity index is 3.88. The molecule has 0 aliphatic carbocycles. The van der Waals surface area contributed by atoms with E-state index in [1.54, 1.807) is 6.92 Å². The summed E-state index contributed by atoms with van der Waals surface area (Å²) in [6.45, 7) is 6.22. The molecule has 0 spiro atoms. The molecule has 0 radical (unpaired) electrons. The summed E-state index contributed by atoms with van der Waals surface area (Å²) in [7, 11) is 0. The summed E-state index contributed by atoms with van der Waals surface area (Å²) < 4.78 is 13.5. The first-order valence-corrected chi connectivity index (χ1v) is 4.87. The van der Waals surface area contributed by atoms with Crippen molar-refractivity contribution in [1.29, 1.82) is 0 Å². The van der Waals surface area contributed by atoms with Gasteiger partial charge in [-0.1, -0.05) is 13.8 Å². The topological polar surface area (TPSA) is 26.0 Å². The molecule has 0 aromatic heterocycles. The minimum absolute atomic E-state index is 0.0151. The number of nitrogens with two attached hydrogens (primary N) is 1. The first kappa shape index (κ1) is 12.4. The van der Waals surface area contributed by atoms with Crippen molar-refractivity contribution in [3.8, 4) is 11.8 Å². The zero-order valence-electron chi connectivity index (χ0n) is 8.81. The minimum Gasteiger partial charge on any atom is -0.330 e. The van der Waals surface area contributed by atoms with Gasteiger partial charge in [-0.2, -0.15) is 0 Å². The first-order chi connectivity index (χ1) is 6.13. The lowest BCUT2D eigenvalue weighted by Crippen LogP contribution is -2.29. The Bertz CT molecular complexity index is 178. The molecule has 0 fully saturated rings. The normalized spacial score (nSPS) is 14.9. The van der Waals surface area contributed by atoms with Crippen LogP contribution in [0.25, 0.3) is 0 Å². The van der Waals surface area contributed by atoms with Crippen molar-refractivity contribution < 1.29 is 4.39 Å². The van der Waals surface area contributed by atoms with Crippen molar-refractivity contribution in [2.24, 2.45) is 17.6 Å². The van der Waals surface area contributed by atoms with E-state index < -0.39 is 6.17 Å². The lowest BCUT2D eigenvalue weighted by Gasteiger charge is -2.22. The number of halogens is 1. The fraction of sp³-hybridized carbons (Fsp3) is 0.818. The number of hydrogen-bond acceptors (Lipinski definition) is 1. The standard InChI is InChI=1S/C11H20FN/c1-4-5-6-7-11(12)10(8-13)9(2)3/h9-11H,6-8,13H2,1-3H3.